The molecule has 0 saturated heterocycles. The van der Waals surface area contributed by atoms with E-state index in [1.165, 1.54) is 5.57 Å². The van der Waals surface area contributed by atoms with Crippen molar-refractivity contribution in [2.75, 3.05) is 44.4 Å². The van der Waals surface area contributed by atoms with Gasteiger partial charge in [0.2, 0.25) is 5.91 Å². The van der Waals surface area contributed by atoms with Gasteiger partial charge in [-0.3, -0.25) is 4.79 Å². The minimum Gasteiger partial charge on any atom is -0.394 e. The number of nitrogens with one attached hydrogen (secondary N) is 3. The van der Waals surface area contributed by atoms with Crippen molar-refractivity contribution in [1.82, 2.24) is 24.8 Å². The summed E-state index contributed by atoms with van der Waals surface area (Å²) in [5, 5.41) is 23.3. The number of carbonyl (C=O) groups is 1. The van der Waals surface area contributed by atoms with Gasteiger partial charge in [-0.2, -0.15) is 9.61 Å². The van der Waals surface area contributed by atoms with Crippen LogP contribution in [0.5, 0.6) is 0 Å². The fourth-order valence-corrected chi connectivity index (χ4v) is 3.42. The number of hydrogen-bond acceptors (Lipinski definition) is 7. The summed E-state index contributed by atoms with van der Waals surface area (Å²) in [4.78, 5) is 18.3. The predicted octanol–water partition coefficient (Wildman–Crippen LogP) is 1.98. The van der Waals surface area contributed by atoms with Crippen molar-refractivity contribution in [3.8, 4) is 0 Å². The van der Waals surface area contributed by atoms with E-state index in [4.69, 9.17) is 0 Å². The Balaban J connectivity index is 1.69. The quantitative estimate of drug-likeness (QED) is 0.437. The molecule has 1 amide bonds. The SMILES string of the molecule is C[C@H](CO)Nc1cc(NCC2=CC=C(NC(=O)CN(C)C)CC2)n2ncc(Br)c2n1. The number of aromatic nitrogens is 3. The van der Waals surface area contributed by atoms with E-state index in [2.05, 4.69) is 42.0 Å². The van der Waals surface area contributed by atoms with E-state index in [9.17, 15) is 9.90 Å². The Morgan fingerprint density at radius 1 is 1.37 bits per heavy atom. The van der Waals surface area contributed by atoms with Crippen LogP contribution < -0.4 is 16.0 Å². The maximum atomic E-state index is 11.9. The smallest absolute Gasteiger partial charge is 0.238 e. The number of aliphatic hydroxyl groups is 1. The maximum Gasteiger partial charge on any atom is 0.238 e. The zero-order valence-corrected chi connectivity index (χ0v) is 19.0. The topological polar surface area (TPSA) is 107 Å². The third-order valence-corrected chi connectivity index (χ3v) is 5.15. The highest BCUT2D eigenvalue weighted by Gasteiger charge is 2.14. The molecule has 2 aromatic rings. The highest BCUT2D eigenvalue weighted by Crippen LogP contribution is 2.24. The summed E-state index contributed by atoms with van der Waals surface area (Å²) in [5.41, 5.74) is 2.86. The number of nitrogens with zero attached hydrogens (tertiary/aromatic N) is 4. The normalized spacial score (nSPS) is 15.0. The molecule has 0 radical (unpaired) electrons. The molecule has 9 nitrogen and oxygen atoms in total. The molecule has 162 valence electrons. The predicted molar refractivity (Wildman–Crippen MR) is 121 cm³/mol. The van der Waals surface area contributed by atoms with Gasteiger partial charge >= 0.3 is 0 Å². The fraction of sp³-hybridized carbons (Fsp3) is 0.450. The van der Waals surface area contributed by atoms with Gasteiger partial charge in [0.05, 0.1) is 23.8 Å². The summed E-state index contributed by atoms with van der Waals surface area (Å²) in [7, 11) is 3.75. The Kier molecular flexibility index (Phi) is 7.46. The number of hydrogen-bond donors (Lipinski definition) is 4. The molecule has 1 aliphatic rings. The van der Waals surface area contributed by atoms with Crippen LogP contribution in [-0.4, -0.2) is 70.3 Å². The maximum absolute atomic E-state index is 11.9. The van der Waals surface area contributed by atoms with Crippen molar-refractivity contribution >= 4 is 39.1 Å². The lowest BCUT2D eigenvalue weighted by Gasteiger charge is -2.18. The zero-order chi connectivity index (χ0) is 21.7. The van der Waals surface area contributed by atoms with Gasteiger partial charge in [-0.05, 0) is 55.9 Å². The standard InChI is InChI=1S/C20H28BrN7O2/c1-13(12-29)24-17-8-18(28-20(26-17)16(21)10-23-28)22-9-14-4-6-15(7-5-14)25-19(30)11-27(2)3/h4,6,8,10,13,22,29H,5,7,9,11-12H2,1-3H3,(H,24,26)(H,25,30)/t13-/m1/s1. The van der Waals surface area contributed by atoms with Gasteiger partial charge in [0.1, 0.15) is 11.6 Å². The molecule has 3 rings (SSSR count). The summed E-state index contributed by atoms with van der Waals surface area (Å²) < 4.78 is 2.54. The summed E-state index contributed by atoms with van der Waals surface area (Å²) in [5.74, 6) is 1.46. The van der Waals surface area contributed by atoms with Crippen molar-refractivity contribution in [2.24, 2.45) is 0 Å². The van der Waals surface area contributed by atoms with Crippen LogP contribution in [0.3, 0.4) is 0 Å². The number of amides is 1. The van der Waals surface area contributed by atoms with Crippen molar-refractivity contribution in [3.63, 3.8) is 0 Å². The van der Waals surface area contributed by atoms with Crippen LogP contribution in [0.15, 0.2) is 40.2 Å². The lowest BCUT2D eigenvalue weighted by molar-refractivity contribution is -0.121. The van der Waals surface area contributed by atoms with Gasteiger partial charge in [-0.1, -0.05) is 11.6 Å². The number of halogens is 1. The van der Waals surface area contributed by atoms with Crippen LogP contribution in [0.2, 0.25) is 0 Å². The Bertz CT molecular complexity index is 967. The van der Waals surface area contributed by atoms with Crippen LogP contribution in [-0.2, 0) is 4.79 Å². The van der Waals surface area contributed by atoms with Gasteiger partial charge < -0.3 is 26.0 Å². The molecule has 0 spiro atoms. The van der Waals surface area contributed by atoms with E-state index in [1.54, 1.807) is 10.7 Å². The van der Waals surface area contributed by atoms with E-state index in [-0.39, 0.29) is 18.6 Å². The van der Waals surface area contributed by atoms with Crippen LogP contribution in [0, 0.1) is 0 Å². The fourth-order valence-electron chi connectivity index (χ4n) is 3.08. The molecule has 2 aromatic heterocycles. The Hall–Kier alpha value is -2.43. The average Bonchev–Trinajstić information content (AvgIpc) is 3.07. The molecule has 0 unspecified atom stereocenters. The van der Waals surface area contributed by atoms with E-state index >= 15 is 0 Å². The summed E-state index contributed by atoms with van der Waals surface area (Å²) in [6, 6.07) is 1.77. The van der Waals surface area contributed by atoms with Crippen LogP contribution in [0.25, 0.3) is 5.65 Å². The molecule has 0 aliphatic heterocycles. The van der Waals surface area contributed by atoms with Gasteiger partial charge in [0, 0.05) is 24.4 Å². The molecule has 0 fully saturated rings. The summed E-state index contributed by atoms with van der Waals surface area (Å²) in [6.45, 7) is 2.93. The first-order valence-electron chi connectivity index (χ1n) is 9.84. The molecule has 10 heteroatoms. The molecular formula is C20H28BrN7O2. The minimum atomic E-state index is -0.109. The molecule has 1 atom stereocenters. The van der Waals surface area contributed by atoms with Crippen molar-refractivity contribution in [2.45, 2.75) is 25.8 Å². The number of rotatable bonds is 9. The van der Waals surface area contributed by atoms with E-state index in [1.807, 2.05) is 44.1 Å². The first-order chi connectivity index (χ1) is 14.4. The van der Waals surface area contributed by atoms with Crippen molar-refractivity contribution < 1.29 is 9.90 Å². The van der Waals surface area contributed by atoms with Crippen molar-refractivity contribution in [3.05, 3.63) is 40.2 Å². The lowest BCUT2D eigenvalue weighted by atomic mass is 10.0. The largest absolute Gasteiger partial charge is 0.394 e. The van der Waals surface area contributed by atoms with E-state index in [0.29, 0.717) is 24.6 Å². The Morgan fingerprint density at radius 3 is 2.83 bits per heavy atom. The average molecular weight is 478 g/mol. The van der Waals surface area contributed by atoms with Gasteiger partial charge in [0.25, 0.3) is 0 Å². The second-order valence-corrected chi connectivity index (χ2v) is 8.49. The number of anilines is 2. The third kappa shape index (κ3) is 5.80. The van der Waals surface area contributed by atoms with Gasteiger partial charge in [-0.25, -0.2) is 4.98 Å². The summed E-state index contributed by atoms with van der Waals surface area (Å²) in [6.07, 6.45) is 7.39. The van der Waals surface area contributed by atoms with Crippen molar-refractivity contribution in [1.29, 1.82) is 0 Å². The molecule has 0 bridgehead atoms. The Morgan fingerprint density at radius 2 is 2.17 bits per heavy atom. The first kappa shape index (κ1) is 22.3. The van der Waals surface area contributed by atoms with Crippen LogP contribution in [0.4, 0.5) is 11.6 Å². The van der Waals surface area contributed by atoms with Crippen LogP contribution >= 0.6 is 15.9 Å². The highest BCUT2D eigenvalue weighted by molar-refractivity contribution is 9.10. The second kappa shape index (κ2) is 10.1. The molecular weight excluding hydrogens is 450 g/mol. The molecule has 1 aliphatic carbocycles. The number of allylic oxidation sites excluding steroid dienone is 3. The summed E-state index contributed by atoms with van der Waals surface area (Å²) >= 11 is 3.48. The first-order valence-corrected chi connectivity index (χ1v) is 10.6. The number of aliphatic hydroxyl groups excluding tert-OH is 1. The minimum absolute atomic E-state index is 0.00167. The molecule has 0 aromatic carbocycles. The second-order valence-electron chi connectivity index (χ2n) is 7.64. The highest BCUT2D eigenvalue weighted by atomic mass is 79.9. The Labute approximate surface area is 184 Å². The third-order valence-electron chi connectivity index (χ3n) is 4.59. The zero-order valence-electron chi connectivity index (χ0n) is 17.4. The lowest BCUT2D eigenvalue weighted by Crippen LogP contribution is -2.33. The van der Waals surface area contributed by atoms with Crippen LogP contribution in [0.1, 0.15) is 19.8 Å². The van der Waals surface area contributed by atoms with E-state index < -0.39 is 0 Å². The number of carbonyl (C=O) groups excluding carboxylic acids is 1. The molecule has 30 heavy (non-hydrogen) atoms. The molecule has 4 N–H and O–H groups in total. The van der Waals surface area contributed by atoms with Gasteiger partial charge in [0.15, 0.2) is 5.65 Å². The molecule has 0 saturated carbocycles. The number of likely N-dealkylation sites (N-methyl/N-ethyl adjacent to an activating group) is 1. The van der Waals surface area contributed by atoms with E-state index in [0.717, 1.165) is 28.8 Å². The monoisotopic (exact) mass is 477 g/mol. The molecule has 2 heterocycles. The number of fused-ring (bicyclic) bond motifs is 1. The van der Waals surface area contributed by atoms with Gasteiger partial charge in [-0.15, -0.1) is 0 Å².